The highest BCUT2D eigenvalue weighted by atomic mass is 19.1. The summed E-state index contributed by atoms with van der Waals surface area (Å²) in [5.74, 6) is -0.606. The van der Waals surface area contributed by atoms with Crippen molar-refractivity contribution in [2.75, 3.05) is 12.8 Å². The summed E-state index contributed by atoms with van der Waals surface area (Å²) < 4.78 is 19.0. The highest BCUT2D eigenvalue weighted by molar-refractivity contribution is 5.81. The van der Waals surface area contributed by atoms with E-state index in [0.29, 0.717) is 5.75 Å². The van der Waals surface area contributed by atoms with E-state index in [1.54, 1.807) is 12.1 Å². The van der Waals surface area contributed by atoms with Gasteiger partial charge in [-0.3, -0.25) is 4.79 Å². The number of anilines is 1. The van der Waals surface area contributed by atoms with Crippen molar-refractivity contribution < 1.29 is 9.13 Å². The molecule has 0 atom stereocenters. The van der Waals surface area contributed by atoms with Gasteiger partial charge < -0.3 is 15.5 Å². The zero-order valence-electron chi connectivity index (χ0n) is 10.9. The second kappa shape index (κ2) is 5.35. The topological polar surface area (TPSA) is 116 Å². The molecule has 0 bridgehead atoms. The molecule has 0 saturated carbocycles. The number of pyridine rings is 1. The Morgan fingerprint density at radius 2 is 1.95 bits per heavy atom. The van der Waals surface area contributed by atoms with Crippen molar-refractivity contribution in [3.05, 3.63) is 45.5 Å². The Hall–Kier alpha value is -3.32. The van der Waals surface area contributed by atoms with E-state index in [2.05, 4.69) is 4.98 Å². The number of H-pyrrole nitrogens is 1. The van der Waals surface area contributed by atoms with Gasteiger partial charge in [0.15, 0.2) is 0 Å². The summed E-state index contributed by atoms with van der Waals surface area (Å²) in [6.07, 6.45) is 0. The normalized spacial score (nSPS) is 9.71. The molecule has 2 aromatic rings. The van der Waals surface area contributed by atoms with Gasteiger partial charge >= 0.3 is 0 Å². The zero-order chi connectivity index (χ0) is 15.6. The zero-order valence-corrected chi connectivity index (χ0v) is 10.9. The number of nitrogens with one attached hydrogen (secondary N) is 1. The minimum absolute atomic E-state index is 0.0970. The molecular formula is C14H9FN4O2. The van der Waals surface area contributed by atoms with Crippen molar-refractivity contribution in [2.24, 2.45) is 0 Å². The van der Waals surface area contributed by atoms with Crippen LogP contribution in [0.2, 0.25) is 0 Å². The number of aromatic nitrogens is 1. The maximum Gasteiger partial charge on any atom is 0.268 e. The number of hydrogen-bond acceptors (Lipinski definition) is 5. The van der Waals surface area contributed by atoms with Crippen LogP contribution in [-0.4, -0.2) is 12.1 Å². The van der Waals surface area contributed by atoms with Gasteiger partial charge in [0.05, 0.1) is 7.11 Å². The molecule has 104 valence electrons. The molecule has 1 aromatic carbocycles. The van der Waals surface area contributed by atoms with Crippen LogP contribution in [-0.2, 0) is 0 Å². The molecule has 21 heavy (non-hydrogen) atoms. The Morgan fingerprint density at radius 1 is 1.29 bits per heavy atom. The number of nitriles is 2. The van der Waals surface area contributed by atoms with E-state index in [1.807, 2.05) is 0 Å². The fourth-order valence-electron chi connectivity index (χ4n) is 1.94. The van der Waals surface area contributed by atoms with Gasteiger partial charge in [0, 0.05) is 11.1 Å². The Bertz CT molecular complexity index is 859. The monoisotopic (exact) mass is 284 g/mol. The predicted molar refractivity (Wildman–Crippen MR) is 72.9 cm³/mol. The highest BCUT2D eigenvalue weighted by Crippen LogP contribution is 2.32. The fourth-order valence-corrected chi connectivity index (χ4v) is 1.94. The minimum Gasteiger partial charge on any atom is -0.497 e. The standard InChI is InChI=1S/C14H9FN4O2/c1-21-7-2-3-11(15)8(4-7)12-9(5-16)13(18)19-14(20)10(12)6-17/h2-4H,1H3,(H3,18,19,20). The maximum atomic E-state index is 14.1. The number of nitrogens with two attached hydrogens (primary N) is 1. The van der Waals surface area contributed by atoms with Gasteiger partial charge in [-0.15, -0.1) is 0 Å². The third-order valence-electron chi connectivity index (χ3n) is 2.91. The van der Waals surface area contributed by atoms with E-state index in [0.717, 1.165) is 6.07 Å². The van der Waals surface area contributed by atoms with Gasteiger partial charge in [0.25, 0.3) is 5.56 Å². The number of ether oxygens (including phenoxy) is 1. The first-order chi connectivity index (χ1) is 10.0. The largest absolute Gasteiger partial charge is 0.497 e. The van der Waals surface area contributed by atoms with Crippen molar-refractivity contribution in [1.82, 2.24) is 4.98 Å². The lowest BCUT2D eigenvalue weighted by Gasteiger charge is -2.11. The molecule has 0 saturated heterocycles. The number of halogens is 1. The SMILES string of the molecule is COc1ccc(F)c(-c2c(C#N)c(N)[nH]c(=O)c2C#N)c1. The third kappa shape index (κ3) is 2.28. The summed E-state index contributed by atoms with van der Waals surface area (Å²) >= 11 is 0. The number of benzene rings is 1. The van der Waals surface area contributed by atoms with Gasteiger partial charge in [-0.1, -0.05) is 0 Å². The molecule has 0 aliphatic carbocycles. The Morgan fingerprint density at radius 3 is 2.52 bits per heavy atom. The Kier molecular flexibility index (Phi) is 3.59. The molecule has 1 aromatic heterocycles. The molecule has 0 aliphatic rings. The molecule has 6 nitrogen and oxygen atoms in total. The van der Waals surface area contributed by atoms with E-state index < -0.39 is 11.4 Å². The molecule has 0 fully saturated rings. The molecule has 0 unspecified atom stereocenters. The molecule has 2 rings (SSSR count). The number of hydrogen-bond donors (Lipinski definition) is 2. The van der Waals surface area contributed by atoms with Gasteiger partial charge in [-0.05, 0) is 18.2 Å². The van der Waals surface area contributed by atoms with E-state index in [4.69, 9.17) is 15.7 Å². The number of methoxy groups -OCH3 is 1. The van der Waals surface area contributed by atoms with Crippen molar-refractivity contribution in [1.29, 1.82) is 10.5 Å². The molecule has 0 spiro atoms. The van der Waals surface area contributed by atoms with Crippen LogP contribution in [0.5, 0.6) is 5.75 Å². The number of nitrogens with zero attached hydrogens (tertiary/aromatic N) is 2. The summed E-state index contributed by atoms with van der Waals surface area (Å²) in [7, 11) is 1.39. The van der Waals surface area contributed by atoms with E-state index in [1.165, 1.54) is 19.2 Å². The van der Waals surface area contributed by atoms with Crippen LogP contribution in [0.4, 0.5) is 10.2 Å². The van der Waals surface area contributed by atoms with Crippen molar-refractivity contribution in [3.8, 4) is 29.0 Å². The van der Waals surface area contributed by atoms with Crippen LogP contribution in [0, 0.1) is 28.5 Å². The van der Waals surface area contributed by atoms with Crippen molar-refractivity contribution in [2.45, 2.75) is 0 Å². The second-order valence-electron chi connectivity index (χ2n) is 4.06. The van der Waals surface area contributed by atoms with Gasteiger partial charge in [-0.2, -0.15) is 10.5 Å². The van der Waals surface area contributed by atoms with E-state index >= 15 is 0 Å². The molecule has 0 radical (unpaired) electrons. The number of rotatable bonds is 2. The van der Waals surface area contributed by atoms with Crippen LogP contribution in [0.1, 0.15) is 11.1 Å². The van der Waals surface area contributed by atoms with Crippen molar-refractivity contribution >= 4 is 5.82 Å². The first-order valence-corrected chi connectivity index (χ1v) is 5.73. The lowest BCUT2D eigenvalue weighted by molar-refractivity contribution is 0.414. The van der Waals surface area contributed by atoms with Crippen LogP contribution in [0.3, 0.4) is 0 Å². The maximum absolute atomic E-state index is 14.1. The van der Waals surface area contributed by atoms with Gasteiger partial charge in [0.2, 0.25) is 0 Å². The smallest absolute Gasteiger partial charge is 0.268 e. The highest BCUT2D eigenvalue weighted by Gasteiger charge is 2.21. The molecule has 3 N–H and O–H groups in total. The summed E-state index contributed by atoms with van der Waals surface area (Å²) in [6.45, 7) is 0. The predicted octanol–water partition coefficient (Wildman–Crippen LogP) is 1.52. The summed E-state index contributed by atoms with van der Waals surface area (Å²) in [4.78, 5) is 14.0. The average Bonchev–Trinajstić information content (AvgIpc) is 2.47. The van der Waals surface area contributed by atoms with Crippen molar-refractivity contribution in [3.63, 3.8) is 0 Å². The second-order valence-corrected chi connectivity index (χ2v) is 4.06. The third-order valence-corrected chi connectivity index (χ3v) is 2.91. The fraction of sp³-hybridized carbons (Fsp3) is 0.0714. The lowest BCUT2D eigenvalue weighted by atomic mass is 9.96. The molecule has 0 amide bonds. The van der Waals surface area contributed by atoms with Gasteiger partial charge in [0.1, 0.15) is 40.6 Å². The Balaban J connectivity index is 2.96. The van der Waals surface area contributed by atoms with Crippen LogP contribution in [0.25, 0.3) is 11.1 Å². The molecule has 0 aliphatic heterocycles. The number of aromatic amines is 1. The average molecular weight is 284 g/mol. The first kappa shape index (κ1) is 14.1. The number of nitrogen functional groups attached to an aromatic ring is 1. The quantitative estimate of drug-likeness (QED) is 0.867. The summed E-state index contributed by atoms with van der Waals surface area (Å²) in [5, 5.41) is 18.3. The summed E-state index contributed by atoms with van der Waals surface area (Å²) in [6, 6.07) is 7.24. The van der Waals surface area contributed by atoms with Crippen LogP contribution < -0.4 is 16.0 Å². The summed E-state index contributed by atoms with van der Waals surface area (Å²) in [5.41, 5.74) is 4.00. The minimum atomic E-state index is -0.786. The van der Waals surface area contributed by atoms with Gasteiger partial charge in [-0.25, -0.2) is 4.39 Å². The van der Waals surface area contributed by atoms with Crippen LogP contribution >= 0.6 is 0 Å². The van der Waals surface area contributed by atoms with Crippen LogP contribution in [0.15, 0.2) is 23.0 Å². The van der Waals surface area contributed by atoms with E-state index in [9.17, 15) is 14.4 Å². The molecule has 1 heterocycles. The molecular weight excluding hydrogens is 275 g/mol. The molecule has 7 heteroatoms. The van der Waals surface area contributed by atoms with E-state index in [-0.39, 0.29) is 28.1 Å². The Labute approximate surface area is 118 Å². The first-order valence-electron chi connectivity index (χ1n) is 5.73. The lowest BCUT2D eigenvalue weighted by Crippen LogP contribution is -2.16.